The van der Waals surface area contributed by atoms with Gasteiger partial charge in [-0.1, -0.05) is 23.2 Å². The zero-order valence-corrected chi connectivity index (χ0v) is 8.85. The lowest BCUT2D eigenvalue weighted by molar-refractivity contribution is 0.106. The Bertz CT molecular complexity index is 346. The molecule has 1 saturated heterocycles. The average molecular weight is 233 g/mol. The van der Waals surface area contributed by atoms with Gasteiger partial charge >= 0.3 is 0 Å². The van der Waals surface area contributed by atoms with E-state index in [0.29, 0.717) is 16.7 Å². The summed E-state index contributed by atoms with van der Waals surface area (Å²) in [5.74, 6) is 0. The molecule has 2 unspecified atom stereocenters. The van der Waals surface area contributed by atoms with E-state index in [9.17, 15) is 0 Å². The van der Waals surface area contributed by atoms with Crippen LogP contribution in [0.2, 0.25) is 10.0 Å². The van der Waals surface area contributed by atoms with E-state index in [-0.39, 0.29) is 6.04 Å². The molecule has 5 heteroatoms. The third-order valence-electron chi connectivity index (χ3n) is 2.14. The number of hydrogen-bond donors (Lipinski definition) is 2. The molecule has 1 aromatic rings. The van der Waals surface area contributed by atoms with Crippen molar-refractivity contribution in [2.75, 3.05) is 6.61 Å². The van der Waals surface area contributed by atoms with Gasteiger partial charge in [0.1, 0.15) is 0 Å². The fourth-order valence-electron chi connectivity index (χ4n) is 1.46. The zero-order chi connectivity index (χ0) is 10.1. The Hall–Kier alpha value is -0.320. The lowest BCUT2D eigenvalue weighted by Crippen LogP contribution is -2.33. The van der Waals surface area contributed by atoms with Gasteiger partial charge < -0.3 is 4.74 Å². The summed E-state index contributed by atoms with van der Waals surface area (Å²) < 4.78 is 5.18. The largest absolute Gasteiger partial charge is 0.348 e. The highest BCUT2D eigenvalue weighted by Gasteiger charge is 2.24. The van der Waals surface area contributed by atoms with Gasteiger partial charge in [-0.3, -0.25) is 11.1 Å². The van der Waals surface area contributed by atoms with Crippen LogP contribution in [0.3, 0.4) is 0 Å². The highest BCUT2D eigenvalue weighted by molar-refractivity contribution is 6.33. The van der Waals surface area contributed by atoms with Gasteiger partial charge in [0.2, 0.25) is 0 Å². The third-order valence-corrected chi connectivity index (χ3v) is 2.72. The van der Waals surface area contributed by atoms with Gasteiger partial charge in [-0.25, -0.2) is 0 Å². The third kappa shape index (κ3) is 2.02. The van der Waals surface area contributed by atoms with Crippen LogP contribution in [0.15, 0.2) is 18.2 Å². The van der Waals surface area contributed by atoms with Crippen molar-refractivity contribution >= 4 is 23.2 Å². The lowest BCUT2D eigenvalue weighted by atomic mass is 10.1. The summed E-state index contributed by atoms with van der Waals surface area (Å²) in [5.41, 5.74) is 6.46. The minimum Gasteiger partial charge on any atom is -0.348 e. The van der Waals surface area contributed by atoms with Crippen LogP contribution in [0, 0.1) is 0 Å². The molecule has 2 atom stereocenters. The Morgan fingerprint density at radius 2 is 2.21 bits per heavy atom. The number of nitrogens with two attached hydrogens (primary N) is 1. The molecule has 0 aliphatic carbocycles. The molecule has 3 N–H and O–H groups in total. The Labute approximate surface area is 92.1 Å². The van der Waals surface area contributed by atoms with Gasteiger partial charge in [-0.05, 0) is 23.8 Å². The Morgan fingerprint density at radius 3 is 2.86 bits per heavy atom. The van der Waals surface area contributed by atoms with E-state index in [4.69, 9.17) is 33.7 Å². The molecule has 14 heavy (non-hydrogen) atoms. The number of hydrogen-bond acceptors (Lipinski definition) is 3. The summed E-state index contributed by atoms with van der Waals surface area (Å²) in [5, 5.41) is 4.38. The predicted molar refractivity (Wildman–Crippen MR) is 56.3 cm³/mol. The van der Waals surface area contributed by atoms with Crippen molar-refractivity contribution in [3.05, 3.63) is 33.8 Å². The van der Waals surface area contributed by atoms with E-state index in [1.54, 1.807) is 12.1 Å². The molecular weight excluding hydrogens is 223 g/mol. The molecule has 0 amide bonds. The SMILES string of the molecule is NC1NC(c2cc(Cl)ccc2Cl)CO1. The maximum absolute atomic E-state index is 6.03. The molecule has 2 rings (SSSR count). The van der Waals surface area contributed by atoms with Gasteiger partial charge in [0.25, 0.3) is 0 Å². The van der Waals surface area contributed by atoms with Gasteiger partial charge in [0.05, 0.1) is 12.6 Å². The number of halogens is 2. The second kappa shape index (κ2) is 4.04. The van der Waals surface area contributed by atoms with Crippen LogP contribution >= 0.6 is 23.2 Å². The first-order valence-electron chi connectivity index (χ1n) is 4.25. The number of ether oxygens (including phenoxy) is 1. The van der Waals surface area contributed by atoms with E-state index < -0.39 is 6.35 Å². The molecule has 1 fully saturated rings. The number of rotatable bonds is 1. The molecule has 0 aromatic heterocycles. The predicted octanol–water partition coefficient (Wildman–Crippen LogP) is 1.90. The molecule has 0 bridgehead atoms. The first-order valence-corrected chi connectivity index (χ1v) is 5.00. The number of nitrogens with one attached hydrogen (secondary N) is 1. The molecule has 1 aliphatic rings. The smallest absolute Gasteiger partial charge is 0.161 e. The van der Waals surface area contributed by atoms with Crippen molar-refractivity contribution in [1.82, 2.24) is 5.32 Å². The normalized spacial score (nSPS) is 26.8. The second-order valence-corrected chi connectivity index (χ2v) is 3.98. The van der Waals surface area contributed by atoms with Crippen molar-refractivity contribution in [2.45, 2.75) is 12.4 Å². The van der Waals surface area contributed by atoms with Crippen LogP contribution in [0.25, 0.3) is 0 Å². The lowest BCUT2D eigenvalue weighted by Gasteiger charge is -2.11. The van der Waals surface area contributed by atoms with E-state index in [1.165, 1.54) is 0 Å². The minimum atomic E-state index is -0.421. The van der Waals surface area contributed by atoms with Gasteiger partial charge in [-0.2, -0.15) is 0 Å². The van der Waals surface area contributed by atoms with E-state index >= 15 is 0 Å². The summed E-state index contributed by atoms with van der Waals surface area (Å²) in [6, 6.07) is 5.37. The van der Waals surface area contributed by atoms with Gasteiger partial charge in [0, 0.05) is 10.0 Å². The molecule has 3 nitrogen and oxygen atoms in total. The van der Waals surface area contributed by atoms with Crippen molar-refractivity contribution in [2.24, 2.45) is 5.73 Å². The fourth-order valence-corrected chi connectivity index (χ4v) is 1.89. The Morgan fingerprint density at radius 1 is 1.43 bits per heavy atom. The van der Waals surface area contributed by atoms with Crippen molar-refractivity contribution in [3.63, 3.8) is 0 Å². The van der Waals surface area contributed by atoms with E-state index in [2.05, 4.69) is 5.32 Å². The molecule has 1 aromatic carbocycles. The number of benzene rings is 1. The summed E-state index contributed by atoms with van der Waals surface area (Å²) in [7, 11) is 0. The monoisotopic (exact) mass is 232 g/mol. The summed E-state index contributed by atoms with van der Waals surface area (Å²) in [4.78, 5) is 0. The van der Waals surface area contributed by atoms with E-state index in [1.807, 2.05) is 6.07 Å². The topological polar surface area (TPSA) is 47.3 Å². The van der Waals surface area contributed by atoms with Crippen LogP contribution in [-0.2, 0) is 4.74 Å². The molecule has 0 saturated carbocycles. The maximum atomic E-state index is 6.03. The molecule has 0 spiro atoms. The summed E-state index contributed by atoms with van der Waals surface area (Å²) >= 11 is 11.9. The van der Waals surface area contributed by atoms with Crippen molar-refractivity contribution in [1.29, 1.82) is 0 Å². The summed E-state index contributed by atoms with van der Waals surface area (Å²) in [6.07, 6.45) is -0.421. The van der Waals surface area contributed by atoms with Crippen molar-refractivity contribution < 1.29 is 4.74 Å². The average Bonchev–Trinajstić information content (AvgIpc) is 2.56. The first-order chi connectivity index (χ1) is 6.66. The quantitative estimate of drug-likeness (QED) is 0.778. The first kappa shape index (κ1) is 10.2. The molecule has 76 valence electrons. The highest BCUT2D eigenvalue weighted by Crippen LogP contribution is 2.28. The molecule has 1 heterocycles. The Balaban J connectivity index is 2.27. The minimum absolute atomic E-state index is 0.0243. The highest BCUT2D eigenvalue weighted by atomic mass is 35.5. The molecule has 0 radical (unpaired) electrons. The second-order valence-electron chi connectivity index (χ2n) is 3.14. The van der Waals surface area contributed by atoms with Crippen LogP contribution < -0.4 is 11.1 Å². The standard InChI is InChI=1S/C9H10Cl2N2O/c10-5-1-2-7(11)6(3-5)8-4-14-9(12)13-8/h1-3,8-9,13H,4,12H2. The summed E-state index contributed by atoms with van der Waals surface area (Å²) in [6.45, 7) is 0.515. The van der Waals surface area contributed by atoms with Crippen LogP contribution in [0.4, 0.5) is 0 Å². The van der Waals surface area contributed by atoms with E-state index in [0.717, 1.165) is 5.56 Å². The maximum Gasteiger partial charge on any atom is 0.161 e. The van der Waals surface area contributed by atoms with Crippen LogP contribution in [0.1, 0.15) is 11.6 Å². The fraction of sp³-hybridized carbons (Fsp3) is 0.333. The van der Waals surface area contributed by atoms with Crippen LogP contribution in [0.5, 0.6) is 0 Å². The van der Waals surface area contributed by atoms with Crippen molar-refractivity contribution in [3.8, 4) is 0 Å². The van der Waals surface area contributed by atoms with Gasteiger partial charge in [-0.15, -0.1) is 0 Å². The molecule has 1 aliphatic heterocycles. The molecular formula is C9H10Cl2N2O. The van der Waals surface area contributed by atoms with Gasteiger partial charge in [0.15, 0.2) is 6.35 Å². The zero-order valence-electron chi connectivity index (χ0n) is 7.34. The van der Waals surface area contributed by atoms with Crippen LogP contribution in [-0.4, -0.2) is 13.0 Å². The Kier molecular flexibility index (Phi) is 2.95.